The van der Waals surface area contributed by atoms with Crippen LogP contribution in [0.25, 0.3) is 0 Å². The Kier molecular flexibility index (Phi) is 3.26. The van der Waals surface area contributed by atoms with Crippen LogP contribution in [0.4, 0.5) is 4.39 Å². The molecule has 0 bridgehead atoms. The van der Waals surface area contributed by atoms with Crippen LogP contribution in [0, 0.1) is 5.82 Å². The summed E-state index contributed by atoms with van der Waals surface area (Å²) in [6.07, 6.45) is 0.414. The fourth-order valence-corrected chi connectivity index (χ4v) is 1.92. The maximum Gasteiger partial charge on any atom is 0.146 e. The lowest BCUT2D eigenvalue weighted by Gasteiger charge is -2.02. The molecule has 0 N–H and O–H groups in total. The molecule has 1 atom stereocenters. The van der Waals surface area contributed by atoms with Crippen molar-refractivity contribution in [3.8, 4) is 0 Å². The highest BCUT2D eigenvalue weighted by Crippen LogP contribution is 2.22. The molecule has 0 radical (unpaired) electrons. The average molecular weight is 293 g/mol. The molecule has 1 heterocycles. The van der Waals surface area contributed by atoms with Gasteiger partial charge in [-0.2, -0.15) is 0 Å². The zero-order valence-electron chi connectivity index (χ0n) is 7.71. The minimum Gasteiger partial charge on any atom is -0.391 e. The SMILES string of the molecule is Fc1ccc(Br)cc1C1=NOC(CCl)C1. The Labute approximate surface area is 100 Å². The zero-order chi connectivity index (χ0) is 10.8. The topological polar surface area (TPSA) is 21.6 Å². The zero-order valence-corrected chi connectivity index (χ0v) is 10.1. The molecule has 1 aromatic rings. The van der Waals surface area contributed by atoms with Crippen LogP contribution in [0.2, 0.25) is 0 Å². The first-order valence-electron chi connectivity index (χ1n) is 4.45. The maximum atomic E-state index is 13.5. The Hall–Kier alpha value is -0.610. The Morgan fingerprint density at radius 1 is 1.60 bits per heavy atom. The molecule has 0 saturated carbocycles. The van der Waals surface area contributed by atoms with Gasteiger partial charge in [-0.05, 0) is 18.2 Å². The number of hydrogen-bond donors (Lipinski definition) is 0. The van der Waals surface area contributed by atoms with Crippen molar-refractivity contribution >= 4 is 33.2 Å². The molecule has 0 aromatic heterocycles. The van der Waals surface area contributed by atoms with Crippen molar-refractivity contribution in [1.82, 2.24) is 0 Å². The molecule has 1 unspecified atom stereocenters. The Morgan fingerprint density at radius 3 is 3.07 bits per heavy atom. The number of alkyl halides is 1. The quantitative estimate of drug-likeness (QED) is 0.766. The van der Waals surface area contributed by atoms with Crippen molar-refractivity contribution in [2.45, 2.75) is 12.5 Å². The molecule has 0 fully saturated rings. The third kappa shape index (κ3) is 2.32. The summed E-state index contributed by atoms with van der Waals surface area (Å²) >= 11 is 8.92. The minimum atomic E-state index is -0.296. The molecule has 15 heavy (non-hydrogen) atoms. The molecule has 0 amide bonds. The molecule has 1 aromatic carbocycles. The fourth-order valence-electron chi connectivity index (χ4n) is 1.39. The molecule has 2 rings (SSSR count). The Morgan fingerprint density at radius 2 is 2.40 bits per heavy atom. The van der Waals surface area contributed by atoms with Gasteiger partial charge in [-0.15, -0.1) is 11.6 Å². The van der Waals surface area contributed by atoms with Crippen LogP contribution >= 0.6 is 27.5 Å². The van der Waals surface area contributed by atoms with Gasteiger partial charge < -0.3 is 4.84 Å². The van der Waals surface area contributed by atoms with E-state index in [1.54, 1.807) is 12.1 Å². The number of oxime groups is 1. The van der Waals surface area contributed by atoms with Crippen LogP contribution < -0.4 is 0 Å². The van der Waals surface area contributed by atoms with E-state index in [-0.39, 0.29) is 11.9 Å². The van der Waals surface area contributed by atoms with Gasteiger partial charge in [-0.25, -0.2) is 4.39 Å². The van der Waals surface area contributed by atoms with Gasteiger partial charge in [0.25, 0.3) is 0 Å². The summed E-state index contributed by atoms with van der Waals surface area (Å²) < 4.78 is 14.3. The van der Waals surface area contributed by atoms with Gasteiger partial charge >= 0.3 is 0 Å². The van der Waals surface area contributed by atoms with Crippen LogP contribution in [0.5, 0.6) is 0 Å². The van der Waals surface area contributed by atoms with Crippen molar-refractivity contribution in [2.24, 2.45) is 5.16 Å². The highest BCUT2D eigenvalue weighted by Gasteiger charge is 2.23. The van der Waals surface area contributed by atoms with E-state index in [9.17, 15) is 4.39 Å². The fraction of sp³-hybridized carbons (Fsp3) is 0.300. The minimum absolute atomic E-state index is 0.139. The Bertz CT molecular complexity index is 410. The van der Waals surface area contributed by atoms with E-state index < -0.39 is 0 Å². The first-order chi connectivity index (χ1) is 7.20. The molecule has 1 aliphatic heterocycles. The first kappa shape index (κ1) is 10.9. The van der Waals surface area contributed by atoms with E-state index in [2.05, 4.69) is 21.1 Å². The molecule has 2 nitrogen and oxygen atoms in total. The number of nitrogens with zero attached hydrogens (tertiary/aromatic N) is 1. The second-order valence-electron chi connectivity index (χ2n) is 3.25. The second kappa shape index (κ2) is 4.49. The van der Waals surface area contributed by atoms with Gasteiger partial charge in [0, 0.05) is 16.5 Å². The molecular formula is C10H8BrClFNO. The van der Waals surface area contributed by atoms with Crippen LogP contribution in [0.3, 0.4) is 0 Å². The smallest absolute Gasteiger partial charge is 0.146 e. The molecule has 5 heteroatoms. The molecule has 0 saturated heterocycles. The van der Waals surface area contributed by atoms with Crippen molar-refractivity contribution in [1.29, 1.82) is 0 Å². The van der Waals surface area contributed by atoms with Gasteiger partial charge in [-0.3, -0.25) is 0 Å². The summed E-state index contributed by atoms with van der Waals surface area (Å²) in [4.78, 5) is 5.04. The maximum absolute atomic E-state index is 13.5. The van der Waals surface area contributed by atoms with Crippen LogP contribution in [0.15, 0.2) is 27.8 Å². The van der Waals surface area contributed by atoms with Crippen molar-refractivity contribution in [3.05, 3.63) is 34.1 Å². The monoisotopic (exact) mass is 291 g/mol. The average Bonchev–Trinajstić information content (AvgIpc) is 2.70. The van der Waals surface area contributed by atoms with Crippen molar-refractivity contribution in [2.75, 3.05) is 5.88 Å². The van der Waals surface area contributed by atoms with Crippen LogP contribution in [0.1, 0.15) is 12.0 Å². The first-order valence-corrected chi connectivity index (χ1v) is 5.77. The molecule has 0 spiro atoms. The van der Waals surface area contributed by atoms with Gasteiger partial charge in [0.05, 0.1) is 11.6 Å². The summed E-state index contributed by atoms with van der Waals surface area (Å²) in [5, 5.41) is 3.83. The normalized spacial score (nSPS) is 19.9. The molecule has 1 aliphatic rings. The van der Waals surface area contributed by atoms with E-state index in [0.717, 1.165) is 4.47 Å². The van der Waals surface area contributed by atoms with E-state index in [1.807, 2.05) is 0 Å². The number of halogens is 3. The highest BCUT2D eigenvalue weighted by molar-refractivity contribution is 9.10. The van der Waals surface area contributed by atoms with E-state index >= 15 is 0 Å². The number of rotatable bonds is 2. The predicted octanol–water partition coefficient (Wildman–Crippen LogP) is 3.32. The summed E-state index contributed by atoms with van der Waals surface area (Å²) in [5.74, 6) is 0.0681. The van der Waals surface area contributed by atoms with Crippen molar-refractivity contribution in [3.63, 3.8) is 0 Å². The molecule has 80 valence electrons. The largest absolute Gasteiger partial charge is 0.391 e. The number of hydrogen-bond acceptors (Lipinski definition) is 2. The second-order valence-corrected chi connectivity index (χ2v) is 4.47. The van der Waals surface area contributed by atoms with Gasteiger partial charge in [-0.1, -0.05) is 21.1 Å². The summed E-state index contributed by atoms with van der Waals surface area (Å²) in [7, 11) is 0. The van der Waals surface area contributed by atoms with Gasteiger partial charge in [0.15, 0.2) is 0 Å². The van der Waals surface area contributed by atoms with Gasteiger partial charge in [0.2, 0.25) is 0 Å². The molecular weight excluding hydrogens is 284 g/mol. The standard InChI is InChI=1S/C10H8BrClFNO/c11-6-1-2-9(13)8(3-6)10-4-7(5-12)15-14-10/h1-3,7H,4-5H2. The van der Waals surface area contributed by atoms with Gasteiger partial charge in [0.1, 0.15) is 11.9 Å². The Balaban J connectivity index is 2.27. The van der Waals surface area contributed by atoms with E-state index in [1.165, 1.54) is 6.07 Å². The molecule has 0 aliphatic carbocycles. The van der Waals surface area contributed by atoms with Crippen LogP contribution in [-0.4, -0.2) is 17.7 Å². The third-order valence-corrected chi connectivity index (χ3v) is 2.98. The lowest BCUT2D eigenvalue weighted by Crippen LogP contribution is -2.10. The highest BCUT2D eigenvalue weighted by atomic mass is 79.9. The number of benzene rings is 1. The lowest BCUT2D eigenvalue weighted by molar-refractivity contribution is 0.102. The van der Waals surface area contributed by atoms with Crippen LogP contribution in [-0.2, 0) is 4.84 Å². The summed E-state index contributed by atoms with van der Waals surface area (Å²) in [6.45, 7) is 0. The van der Waals surface area contributed by atoms with E-state index in [4.69, 9.17) is 16.4 Å². The summed E-state index contributed by atoms with van der Waals surface area (Å²) in [5.41, 5.74) is 1.08. The van der Waals surface area contributed by atoms with E-state index in [0.29, 0.717) is 23.6 Å². The lowest BCUT2D eigenvalue weighted by atomic mass is 10.1. The third-order valence-electron chi connectivity index (χ3n) is 2.14. The predicted molar refractivity (Wildman–Crippen MR) is 60.8 cm³/mol. The van der Waals surface area contributed by atoms with Crippen molar-refractivity contribution < 1.29 is 9.23 Å². The summed E-state index contributed by atoms with van der Waals surface area (Å²) in [6, 6.07) is 4.73.